The van der Waals surface area contributed by atoms with Crippen LogP contribution in [0.1, 0.15) is 36.0 Å². The number of ether oxygens (including phenoxy) is 1. The van der Waals surface area contributed by atoms with Gasteiger partial charge in [0.25, 0.3) is 0 Å². The Labute approximate surface area is 122 Å². The van der Waals surface area contributed by atoms with Crippen LogP contribution in [-0.4, -0.2) is 42.5 Å². The Bertz CT molecular complexity index is 533. The van der Waals surface area contributed by atoms with Crippen molar-refractivity contribution in [1.29, 1.82) is 0 Å². The van der Waals surface area contributed by atoms with Crippen LogP contribution in [0.15, 0.2) is 18.2 Å². The summed E-state index contributed by atoms with van der Waals surface area (Å²) in [5.74, 6) is -2.07. The van der Waals surface area contributed by atoms with Crippen molar-refractivity contribution in [3.63, 3.8) is 0 Å². The zero-order valence-corrected chi connectivity index (χ0v) is 11.9. The van der Waals surface area contributed by atoms with Gasteiger partial charge in [-0.05, 0) is 31.0 Å². The SMILES string of the molecule is O=C(CN1CCOC2CCCCC21)c1ccc(F)c(F)c1. The summed E-state index contributed by atoms with van der Waals surface area (Å²) in [6.45, 7) is 1.60. The maximum absolute atomic E-state index is 13.2. The molecule has 1 saturated heterocycles. The third-order valence-corrected chi connectivity index (χ3v) is 4.44. The van der Waals surface area contributed by atoms with Crippen LogP contribution in [0.25, 0.3) is 0 Å². The summed E-state index contributed by atoms with van der Waals surface area (Å²) in [7, 11) is 0. The summed E-state index contributed by atoms with van der Waals surface area (Å²) in [6.07, 6.45) is 4.62. The Morgan fingerprint density at radius 2 is 2.05 bits per heavy atom. The first-order valence-corrected chi connectivity index (χ1v) is 7.49. The second kappa shape index (κ2) is 6.20. The van der Waals surface area contributed by atoms with E-state index in [0.717, 1.165) is 37.9 Å². The lowest BCUT2D eigenvalue weighted by molar-refractivity contribution is -0.0846. The maximum Gasteiger partial charge on any atom is 0.176 e. The number of halogens is 2. The van der Waals surface area contributed by atoms with Gasteiger partial charge in [0, 0.05) is 18.2 Å². The van der Waals surface area contributed by atoms with Gasteiger partial charge in [-0.2, -0.15) is 0 Å². The van der Waals surface area contributed by atoms with Crippen LogP contribution < -0.4 is 0 Å². The molecule has 1 aliphatic heterocycles. The number of hydrogen-bond donors (Lipinski definition) is 0. The van der Waals surface area contributed by atoms with Crippen LogP contribution >= 0.6 is 0 Å². The van der Waals surface area contributed by atoms with Crippen molar-refractivity contribution in [3.05, 3.63) is 35.4 Å². The molecule has 2 atom stereocenters. The fourth-order valence-corrected chi connectivity index (χ4v) is 3.32. The molecule has 0 amide bonds. The van der Waals surface area contributed by atoms with E-state index in [2.05, 4.69) is 4.90 Å². The predicted molar refractivity (Wildman–Crippen MR) is 74.3 cm³/mol. The summed E-state index contributed by atoms with van der Waals surface area (Å²) in [5.41, 5.74) is 0.229. The highest BCUT2D eigenvalue weighted by Gasteiger charge is 2.34. The number of benzene rings is 1. The van der Waals surface area contributed by atoms with Crippen LogP contribution in [-0.2, 0) is 4.74 Å². The van der Waals surface area contributed by atoms with Crippen LogP contribution in [0.4, 0.5) is 8.78 Å². The number of carbonyl (C=O) groups excluding carboxylic acids is 1. The summed E-state index contributed by atoms with van der Waals surface area (Å²) in [6, 6.07) is 3.61. The van der Waals surface area contributed by atoms with E-state index < -0.39 is 11.6 Å². The molecule has 21 heavy (non-hydrogen) atoms. The number of ketones is 1. The topological polar surface area (TPSA) is 29.5 Å². The van der Waals surface area contributed by atoms with Crippen LogP contribution in [0.5, 0.6) is 0 Å². The smallest absolute Gasteiger partial charge is 0.176 e. The summed E-state index contributed by atoms with van der Waals surface area (Å²) in [5, 5.41) is 0. The Kier molecular flexibility index (Phi) is 4.31. The number of rotatable bonds is 3. The van der Waals surface area contributed by atoms with Gasteiger partial charge in [0.15, 0.2) is 17.4 Å². The van der Waals surface area contributed by atoms with E-state index in [-0.39, 0.29) is 30.0 Å². The Morgan fingerprint density at radius 1 is 1.24 bits per heavy atom. The van der Waals surface area contributed by atoms with Gasteiger partial charge in [-0.1, -0.05) is 12.8 Å². The molecule has 3 rings (SSSR count). The number of carbonyl (C=O) groups is 1. The zero-order chi connectivity index (χ0) is 14.8. The largest absolute Gasteiger partial charge is 0.375 e. The number of hydrogen-bond acceptors (Lipinski definition) is 3. The number of Topliss-reactive ketones (excluding diaryl/α,β-unsaturated/α-hetero) is 1. The predicted octanol–water partition coefficient (Wildman–Crippen LogP) is 2.79. The fourth-order valence-electron chi connectivity index (χ4n) is 3.32. The molecular formula is C16H19F2NO2. The quantitative estimate of drug-likeness (QED) is 0.803. The minimum absolute atomic E-state index is 0.167. The van der Waals surface area contributed by atoms with Gasteiger partial charge in [-0.15, -0.1) is 0 Å². The van der Waals surface area contributed by atoms with E-state index in [1.54, 1.807) is 0 Å². The minimum atomic E-state index is -0.974. The lowest BCUT2D eigenvalue weighted by Crippen LogP contribution is -2.53. The second-order valence-electron chi connectivity index (χ2n) is 5.78. The molecule has 0 N–H and O–H groups in total. The summed E-state index contributed by atoms with van der Waals surface area (Å²) < 4.78 is 31.9. The molecule has 2 fully saturated rings. The third-order valence-electron chi connectivity index (χ3n) is 4.44. The molecule has 5 heteroatoms. The molecule has 2 unspecified atom stereocenters. The molecule has 1 aromatic carbocycles. The molecule has 0 radical (unpaired) electrons. The highest BCUT2D eigenvalue weighted by molar-refractivity contribution is 5.97. The number of fused-ring (bicyclic) bond motifs is 1. The minimum Gasteiger partial charge on any atom is -0.375 e. The molecule has 3 nitrogen and oxygen atoms in total. The van der Waals surface area contributed by atoms with Crippen LogP contribution in [0.3, 0.4) is 0 Å². The number of morpholine rings is 1. The second-order valence-corrected chi connectivity index (χ2v) is 5.78. The van der Waals surface area contributed by atoms with Crippen molar-refractivity contribution in [3.8, 4) is 0 Å². The van der Waals surface area contributed by atoms with Gasteiger partial charge in [-0.25, -0.2) is 8.78 Å². The molecule has 0 bridgehead atoms. The van der Waals surface area contributed by atoms with Gasteiger partial charge in [0.05, 0.1) is 19.3 Å². The van der Waals surface area contributed by atoms with Gasteiger partial charge in [0.2, 0.25) is 0 Å². The zero-order valence-electron chi connectivity index (χ0n) is 11.9. The standard InChI is InChI=1S/C16H19F2NO2/c17-12-6-5-11(9-13(12)18)15(20)10-19-7-8-21-16-4-2-1-3-14(16)19/h5-6,9,14,16H,1-4,7-8,10H2. The maximum atomic E-state index is 13.2. The van der Waals surface area contributed by atoms with Crippen LogP contribution in [0, 0.1) is 11.6 Å². The van der Waals surface area contributed by atoms with E-state index in [0.29, 0.717) is 6.61 Å². The van der Waals surface area contributed by atoms with Crippen molar-refractivity contribution in [2.24, 2.45) is 0 Å². The van der Waals surface area contributed by atoms with Gasteiger partial charge in [-0.3, -0.25) is 9.69 Å². The molecule has 1 heterocycles. The molecule has 114 valence electrons. The molecular weight excluding hydrogens is 276 g/mol. The molecule has 1 aliphatic carbocycles. The van der Waals surface area contributed by atoms with Crippen molar-refractivity contribution in [1.82, 2.24) is 4.90 Å². The summed E-state index contributed by atoms with van der Waals surface area (Å²) in [4.78, 5) is 14.4. The Balaban J connectivity index is 1.69. The lowest BCUT2D eigenvalue weighted by Gasteiger charge is -2.43. The third kappa shape index (κ3) is 3.14. The molecule has 1 saturated carbocycles. The van der Waals surface area contributed by atoms with E-state index in [1.165, 1.54) is 12.5 Å². The Hall–Kier alpha value is -1.33. The van der Waals surface area contributed by atoms with Gasteiger partial charge >= 0.3 is 0 Å². The first-order chi connectivity index (χ1) is 10.1. The molecule has 2 aliphatic rings. The van der Waals surface area contributed by atoms with Crippen molar-refractivity contribution in [2.75, 3.05) is 19.7 Å². The van der Waals surface area contributed by atoms with Crippen LogP contribution in [0.2, 0.25) is 0 Å². The van der Waals surface area contributed by atoms with E-state index in [4.69, 9.17) is 4.74 Å². The van der Waals surface area contributed by atoms with Gasteiger partial charge < -0.3 is 4.74 Å². The first-order valence-electron chi connectivity index (χ1n) is 7.49. The molecule has 0 aromatic heterocycles. The normalized spacial score (nSPS) is 26.4. The summed E-state index contributed by atoms with van der Waals surface area (Å²) >= 11 is 0. The van der Waals surface area contributed by atoms with E-state index in [9.17, 15) is 13.6 Å². The lowest BCUT2D eigenvalue weighted by atomic mass is 9.90. The van der Waals surface area contributed by atoms with Crippen molar-refractivity contribution >= 4 is 5.78 Å². The highest BCUT2D eigenvalue weighted by Crippen LogP contribution is 2.28. The molecule has 1 aromatic rings. The average Bonchev–Trinajstić information content (AvgIpc) is 2.50. The van der Waals surface area contributed by atoms with Crippen molar-refractivity contribution < 1.29 is 18.3 Å². The van der Waals surface area contributed by atoms with E-state index in [1.807, 2.05) is 0 Å². The highest BCUT2D eigenvalue weighted by atomic mass is 19.2. The Morgan fingerprint density at radius 3 is 2.86 bits per heavy atom. The number of nitrogens with zero attached hydrogens (tertiary/aromatic N) is 1. The monoisotopic (exact) mass is 295 g/mol. The molecule has 0 spiro atoms. The van der Waals surface area contributed by atoms with E-state index >= 15 is 0 Å². The first kappa shape index (κ1) is 14.6. The fraction of sp³-hybridized carbons (Fsp3) is 0.562. The van der Waals surface area contributed by atoms with Gasteiger partial charge in [0.1, 0.15) is 0 Å². The van der Waals surface area contributed by atoms with Crippen molar-refractivity contribution in [2.45, 2.75) is 37.8 Å². The average molecular weight is 295 g/mol.